The zero-order valence-corrected chi connectivity index (χ0v) is 25.7. The molecule has 0 unspecified atom stereocenters. The molecule has 1 aromatic heterocycles. The first kappa shape index (κ1) is 30.9. The van der Waals surface area contributed by atoms with Gasteiger partial charge in [0.15, 0.2) is 0 Å². The van der Waals surface area contributed by atoms with Crippen LogP contribution >= 0.6 is 36.2 Å². The molecule has 3 rings (SSSR count). The van der Waals surface area contributed by atoms with Crippen molar-refractivity contribution in [1.82, 2.24) is 0 Å². The normalized spacial score (nSPS) is 11.2. The molecule has 0 N–H and O–H groups in total. The van der Waals surface area contributed by atoms with Crippen LogP contribution in [0.2, 0.25) is 0 Å². The van der Waals surface area contributed by atoms with Gasteiger partial charge in [-0.25, -0.2) is 0 Å². The fraction of sp³-hybridized carbons (Fsp3) is 0.393. The maximum Gasteiger partial charge on any atom is -0.147 e. The van der Waals surface area contributed by atoms with Crippen LogP contribution < -0.4 is 6.64 Å². The van der Waals surface area contributed by atoms with Gasteiger partial charge in [0.1, 0.15) is 0 Å². The molecule has 0 spiro atoms. The average Bonchev–Trinajstić information content (AvgIpc) is 3.07. The predicted molar refractivity (Wildman–Crippen MR) is 150 cm³/mol. The standard InChI is InChI=1S/2C11H16O.C6H6S.2ClH.Ti/c2*1-8-5-6-10(12)9(7-8)11(2,3)4;1-5-3-4-6(2)7-5;;;/h2*5-7,12H,1-4H3;1,3-4H,2H3;2*1H;/q;;;;;+2/p-2. The van der Waals surface area contributed by atoms with Crippen molar-refractivity contribution in [3.63, 3.8) is 0 Å². The molecule has 34 heavy (non-hydrogen) atoms. The summed E-state index contributed by atoms with van der Waals surface area (Å²) in [5.41, 5.74) is 4.92. The van der Waals surface area contributed by atoms with Crippen LogP contribution in [0.5, 0.6) is 11.5 Å². The third-order valence-corrected chi connectivity index (χ3v) is 8.77. The molecule has 1 heterocycles. The molecule has 2 aromatic carbocycles. The van der Waals surface area contributed by atoms with Crippen molar-refractivity contribution < 1.29 is 24.8 Å². The Hall–Kier alpha value is -1.10. The van der Waals surface area contributed by atoms with Crippen molar-refractivity contribution >= 4 is 40.5 Å². The summed E-state index contributed by atoms with van der Waals surface area (Å²) < 4.78 is 15.7. The molecular weight excluding hydrogens is 519 g/mol. The molecule has 3 aromatic rings. The van der Waals surface area contributed by atoms with E-state index >= 15 is 0 Å². The van der Waals surface area contributed by atoms with Crippen LogP contribution in [-0.4, -0.2) is 4.31 Å². The van der Waals surface area contributed by atoms with Crippen molar-refractivity contribution in [2.75, 3.05) is 0 Å². The fourth-order valence-electron chi connectivity index (χ4n) is 3.58. The van der Waals surface area contributed by atoms with E-state index in [1.165, 1.54) is 32.0 Å². The van der Waals surface area contributed by atoms with Crippen LogP contribution in [-0.2, 0) is 29.0 Å². The third-order valence-electron chi connectivity index (χ3n) is 5.33. The van der Waals surface area contributed by atoms with Gasteiger partial charge < -0.3 is 0 Å². The van der Waals surface area contributed by atoms with E-state index in [-0.39, 0.29) is 35.6 Å². The first-order valence-electron chi connectivity index (χ1n) is 11.2. The number of rotatable bonds is 5. The molecule has 0 bridgehead atoms. The second-order valence-electron chi connectivity index (χ2n) is 10.6. The minimum Gasteiger partial charge on any atom is -0.147 e. The first-order valence-corrected chi connectivity index (χ1v) is 14.2. The summed E-state index contributed by atoms with van der Waals surface area (Å²) in [5, 5.41) is 0. The van der Waals surface area contributed by atoms with E-state index in [0.29, 0.717) is 0 Å². The van der Waals surface area contributed by atoms with Gasteiger partial charge in [0.05, 0.1) is 0 Å². The number of thiophene rings is 1. The molecule has 0 amide bonds. The molecule has 2 nitrogen and oxygen atoms in total. The predicted octanol–water partition coefficient (Wildman–Crippen LogP) is 8.87. The van der Waals surface area contributed by atoms with Crippen LogP contribution in [0.3, 0.4) is 0 Å². The minimum atomic E-state index is -2.59. The van der Waals surface area contributed by atoms with Crippen LogP contribution in [0.4, 0.5) is 0 Å². The summed E-state index contributed by atoms with van der Waals surface area (Å²) in [6, 6.07) is 17.3. The molecule has 0 saturated carbocycles. The largest absolute Gasteiger partial charge is 0.147 e. The van der Waals surface area contributed by atoms with Crippen molar-refractivity contribution in [3.05, 3.63) is 80.5 Å². The SMILES string of the molecule is Cc1ccc([O][Ti](=[CH]c2ccc(C)s2)[O]c2ccc(C)cc2C(C)(C)C)c(C(C)(C)C)c1.Cl.Cl. The Morgan fingerprint density at radius 1 is 0.676 bits per heavy atom. The van der Waals surface area contributed by atoms with Gasteiger partial charge in [-0.2, -0.15) is 0 Å². The van der Waals surface area contributed by atoms with Gasteiger partial charge in [0, 0.05) is 0 Å². The third kappa shape index (κ3) is 8.24. The van der Waals surface area contributed by atoms with Crippen LogP contribution in [0.1, 0.15) is 73.6 Å². The van der Waals surface area contributed by atoms with Gasteiger partial charge in [0.2, 0.25) is 0 Å². The monoisotopic (exact) mass is 556 g/mol. The Morgan fingerprint density at radius 3 is 1.47 bits per heavy atom. The molecular formula is C28H38Cl2O2STi. The quantitative estimate of drug-likeness (QED) is 0.292. The van der Waals surface area contributed by atoms with E-state index in [9.17, 15) is 0 Å². The smallest absolute Gasteiger partial charge is 0.147 e. The Labute approximate surface area is 229 Å². The molecule has 0 aliphatic rings. The van der Waals surface area contributed by atoms with E-state index in [1.54, 1.807) is 11.3 Å². The van der Waals surface area contributed by atoms with Gasteiger partial charge in [-0.05, 0) is 0 Å². The molecule has 0 aliphatic heterocycles. The van der Waals surface area contributed by atoms with Crippen molar-refractivity contribution in [1.29, 1.82) is 0 Å². The topological polar surface area (TPSA) is 18.5 Å². The Kier molecular flexibility index (Phi) is 11.1. The number of hydrogen-bond acceptors (Lipinski definition) is 3. The Morgan fingerprint density at radius 2 is 1.12 bits per heavy atom. The van der Waals surface area contributed by atoms with Crippen LogP contribution in [0, 0.1) is 20.8 Å². The van der Waals surface area contributed by atoms with E-state index in [1.807, 2.05) is 0 Å². The summed E-state index contributed by atoms with van der Waals surface area (Å²) in [7, 11) is 0. The number of aryl methyl sites for hydroxylation is 3. The summed E-state index contributed by atoms with van der Waals surface area (Å²) >= 11 is -0.799. The zero-order valence-electron chi connectivity index (χ0n) is 21.7. The summed E-state index contributed by atoms with van der Waals surface area (Å²) in [4.78, 5) is 2.51. The summed E-state index contributed by atoms with van der Waals surface area (Å²) in [6.07, 6.45) is 0. The molecule has 6 heteroatoms. The van der Waals surface area contributed by atoms with Crippen molar-refractivity contribution in [2.24, 2.45) is 0 Å². The molecule has 186 valence electrons. The van der Waals surface area contributed by atoms with Gasteiger partial charge in [-0.3, -0.25) is 0 Å². The number of hydrogen-bond donors (Lipinski definition) is 0. The molecule has 0 fully saturated rings. The number of halogens is 2. The average molecular weight is 557 g/mol. The zero-order chi connectivity index (χ0) is 23.7. The van der Waals surface area contributed by atoms with Gasteiger partial charge in [0.25, 0.3) is 0 Å². The maximum absolute atomic E-state index is 6.74. The van der Waals surface area contributed by atoms with Crippen molar-refractivity contribution in [3.8, 4) is 11.5 Å². The van der Waals surface area contributed by atoms with Gasteiger partial charge in [-0.15, -0.1) is 24.8 Å². The van der Waals surface area contributed by atoms with Gasteiger partial charge >= 0.3 is 206 Å². The second-order valence-corrected chi connectivity index (χ2v) is 14.0. The molecule has 0 aliphatic carbocycles. The summed E-state index contributed by atoms with van der Waals surface area (Å²) in [5.74, 6) is 1.87. The van der Waals surface area contributed by atoms with E-state index in [0.717, 1.165) is 11.5 Å². The van der Waals surface area contributed by atoms with Crippen molar-refractivity contribution in [2.45, 2.75) is 73.1 Å². The van der Waals surface area contributed by atoms with Gasteiger partial charge in [-0.1, -0.05) is 0 Å². The minimum absolute atomic E-state index is 0. The van der Waals surface area contributed by atoms with E-state index in [4.69, 9.17) is 6.64 Å². The fourth-order valence-corrected chi connectivity index (χ4v) is 6.95. The Balaban J connectivity index is 0.00000289. The van der Waals surface area contributed by atoms with Crippen LogP contribution in [0.15, 0.2) is 48.5 Å². The van der Waals surface area contributed by atoms with E-state index < -0.39 is 18.2 Å². The molecule has 0 atom stereocenters. The second kappa shape index (κ2) is 12.2. The Bertz CT molecular complexity index is 1070. The molecule has 0 saturated heterocycles. The summed E-state index contributed by atoms with van der Waals surface area (Å²) in [6.45, 7) is 19.8. The number of benzene rings is 2. The first-order chi connectivity index (χ1) is 14.8. The van der Waals surface area contributed by atoms with E-state index in [2.05, 4.69) is 115 Å². The van der Waals surface area contributed by atoms with Crippen LogP contribution in [0.25, 0.3) is 0 Å². The molecule has 0 radical (unpaired) electrons. The maximum atomic E-state index is 6.74.